The first-order chi connectivity index (χ1) is 10.1. The van der Waals surface area contributed by atoms with Crippen molar-refractivity contribution in [2.24, 2.45) is 0 Å². The lowest BCUT2D eigenvalue weighted by molar-refractivity contribution is 0.134. The van der Waals surface area contributed by atoms with Crippen LogP contribution in [0.2, 0.25) is 0 Å². The Labute approximate surface area is 125 Å². The van der Waals surface area contributed by atoms with Gasteiger partial charge >= 0.3 is 0 Å². The highest BCUT2D eigenvalue weighted by Crippen LogP contribution is 2.29. The van der Waals surface area contributed by atoms with Crippen LogP contribution in [0, 0.1) is 5.82 Å². The van der Waals surface area contributed by atoms with Crippen LogP contribution in [-0.4, -0.2) is 6.04 Å². The average Bonchev–Trinajstić information content (AvgIpc) is 2.93. The van der Waals surface area contributed by atoms with Crippen molar-refractivity contribution in [1.82, 2.24) is 5.32 Å². The molecule has 0 atom stereocenters. The zero-order valence-corrected chi connectivity index (χ0v) is 12.4. The maximum atomic E-state index is 13.7. The lowest BCUT2D eigenvalue weighted by atomic mass is 9.96. The standard InChI is InChI=1S/C18H20FNO/c1-12(2)20-9-14-5-6-17(19)8-18(14)13-3-4-15-10-21-11-16(15)7-13/h3-8,12,20H,9-11H2,1-2H3. The van der Waals surface area contributed by atoms with Crippen LogP contribution in [0.3, 0.4) is 0 Å². The first kappa shape index (κ1) is 14.2. The number of nitrogens with one attached hydrogen (secondary N) is 1. The third-order valence-corrected chi connectivity index (χ3v) is 3.81. The van der Waals surface area contributed by atoms with E-state index in [0.717, 1.165) is 23.2 Å². The van der Waals surface area contributed by atoms with Crippen molar-refractivity contribution in [3.63, 3.8) is 0 Å². The molecule has 1 aliphatic rings. The third-order valence-electron chi connectivity index (χ3n) is 3.81. The zero-order chi connectivity index (χ0) is 14.8. The van der Waals surface area contributed by atoms with E-state index < -0.39 is 0 Å². The normalized spacial score (nSPS) is 13.7. The molecule has 1 heterocycles. The van der Waals surface area contributed by atoms with Gasteiger partial charge in [0, 0.05) is 12.6 Å². The molecule has 0 aromatic heterocycles. The largest absolute Gasteiger partial charge is 0.372 e. The number of benzene rings is 2. The summed E-state index contributed by atoms with van der Waals surface area (Å²) in [5.41, 5.74) is 5.57. The number of fused-ring (bicyclic) bond motifs is 1. The number of hydrogen-bond acceptors (Lipinski definition) is 2. The molecule has 110 valence electrons. The van der Waals surface area contributed by atoms with Crippen molar-refractivity contribution in [2.45, 2.75) is 39.6 Å². The van der Waals surface area contributed by atoms with E-state index in [4.69, 9.17) is 4.74 Å². The number of ether oxygens (including phenoxy) is 1. The van der Waals surface area contributed by atoms with Gasteiger partial charge in [-0.25, -0.2) is 4.39 Å². The first-order valence-corrected chi connectivity index (χ1v) is 7.35. The minimum absolute atomic E-state index is 0.199. The quantitative estimate of drug-likeness (QED) is 0.916. The third kappa shape index (κ3) is 3.14. The van der Waals surface area contributed by atoms with Gasteiger partial charge in [0.05, 0.1) is 13.2 Å². The first-order valence-electron chi connectivity index (χ1n) is 7.35. The maximum absolute atomic E-state index is 13.7. The van der Waals surface area contributed by atoms with Crippen LogP contribution >= 0.6 is 0 Å². The molecule has 0 amide bonds. The average molecular weight is 285 g/mol. The summed E-state index contributed by atoms with van der Waals surface area (Å²) in [7, 11) is 0. The van der Waals surface area contributed by atoms with E-state index in [2.05, 4.69) is 37.4 Å². The summed E-state index contributed by atoms with van der Waals surface area (Å²) in [5.74, 6) is -0.199. The van der Waals surface area contributed by atoms with E-state index in [0.29, 0.717) is 19.3 Å². The van der Waals surface area contributed by atoms with Gasteiger partial charge in [-0.1, -0.05) is 32.0 Å². The van der Waals surface area contributed by atoms with Crippen LogP contribution in [0.25, 0.3) is 11.1 Å². The van der Waals surface area contributed by atoms with Gasteiger partial charge in [0.2, 0.25) is 0 Å². The van der Waals surface area contributed by atoms with E-state index in [-0.39, 0.29) is 5.82 Å². The topological polar surface area (TPSA) is 21.3 Å². The van der Waals surface area contributed by atoms with Gasteiger partial charge < -0.3 is 10.1 Å². The number of rotatable bonds is 4. The lowest BCUT2D eigenvalue weighted by Gasteiger charge is -2.14. The van der Waals surface area contributed by atoms with E-state index in [9.17, 15) is 4.39 Å². The van der Waals surface area contributed by atoms with Crippen molar-refractivity contribution in [3.05, 3.63) is 58.9 Å². The highest BCUT2D eigenvalue weighted by Gasteiger charge is 2.14. The second-order valence-corrected chi connectivity index (χ2v) is 5.81. The smallest absolute Gasteiger partial charge is 0.123 e. The van der Waals surface area contributed by atoms with Crippen molar-refractivity contribution in [3.8, 4) is 11.1 Å². The number of hydrogen-bond donors (Lipinski definition) is 1. The van der Waals surface area contributed by atoms with Gasteiger partial charge in [0.15, 0.2) is 0 Å². The fourth-order valence-electron chi connectivity index (χ4n) is 2.63. The van der Waals surface area contributed by atoms with Crippen LogP contribution < -0.4 is 5.32 Å². The maximum Gasteiger partial charge on any atom is 0.123 e. The molecule has 0 radical (unpaired) electrons. The molecule has 2 aromatic rings. The molecule has 2 nitrogen and oxygen atoms in total. The van der Waals surface area contributed by atoms with Crippen molar-refractivity contribution < 1.29 is 9.13 Å². The fraction of sp³-hybridized carbons (Fsp3) is 0.333. The molecule has 0 unspecified atom stereocenters. The van der Waals surface area contributed by atoms with E-state index >= 15 is 0 Å². The van der Waals surface area contributed by atoms with E-state index in [1.807, 2.05) is 6.07 Å². The van der Waals surface area contributed by atoms with Crippen molar-refractivity contribution in [1.29, 1.82) is 0 Å². The Morgan fingerprint density at radius 3 is 2.71 bits per heavy atom. The molecule has 2 aromatic carbocycles. The predicted molar refractivity (Wildman–Crippen MR) is 82.3 cm³/mol. The monoisotopic (exact) mass is 285 g/mol. The van der Waals surface area contributed by atoms with Gasteiger partial charge in [0.1, 0.15) is 5.82 Å². The zero-order valence-electron chi connectivity index (χ0n) is 12.4. The Bertz CT molecular complexity index is 652. The van der Waals surface area contributed by atoms with Gasteiger partial charge in [-0.05, 0) is 46.0 Å². The summed E-state index contributed by atoms with van der Waals surface area (Å²) >= 11 is 0. The molecule has 0 spiro atoms. The highest BCUT2D eigenvalue weighted by molar-refractivity contribution is 5.69. The van der Waals surface area contributed by atoms with Gasteiger partial charge in [-0.3, -0.25) is 0 Å². The Balaban J connectivity index is 1.98. The summed E-state index contributed by atoms with van der Waals surface area (Å²) in [6.45, 7) is 6.28. The Morgan fingerprint density at radius 2 is 1.90 bits per heavy atom. The van der Waals surface area contributed by atoms with Crippen molar-refractivity contribution >= 4 is 0 Å². The molecular weight excluding hydrogens is 265 g/mol. The molecule has 0 bridgehead atoms. The summed E-state index contributed by atoms with van der Waals surface area (Å²) < 4.78 is 19.1. The Kier molecular flexibility index (Phi) is 4.04. The lowest BCUT2D eigenvalue weighted by Crippen LogP contribution is -2.22. The van der Waals surface area contributed by atoms with Crippen LogP contribution in [0.4, 0.5) is 4.39 Å². The van der Waals surface area contributed by atoms with Crippen LogP contribution in [0.15, 0.2) is 36.4 Å². The van der Waals surface area contributed by atoms with Gasteiger partial charge in [-0.2, -0.15) is 0 Å². The molecule has 0 saturated carbocycles. The second kappa shape index (κ2) is 5.96. The van der Waals surface area contributed by atoms with Gasteiger partial charge in [0.25, 0.3) is 0 Å². The summed E-state index contributed by atoms with van der Waals surface area (Å²) in [6.07, 6.45) is 0. The molecule has 1 aliphatic heterocycles. The van der Waals surface area contributed by atoms with Crippen LogP contribution in [0.5, 0.6) is 0 Å². The molecule has 3 heteroatoms. The van der Waals surface area contributed by atoms with E-state index in [1.165, 1.54) is 17.2 Å². The second-order valence-electron chi connectivity index (χ2n) is 5.81. The summed E-state index contributed by atoms with van der Waals surface area (Å²) in [5, 5.41) is 3.40. The minimum atomic E-state index is -0.199. The fourth-order valence-corrected chi connectivity index (χ4v) is 2.63. The molecule has 0 aliphatic carbocycles. The van der Waals surface area contributed by atoms with Gasteiger partial charge in [-0.15, -0.1) is 0 Å². The minimum Gasteiger partial charge on any atom is -0.372 e. The molecule has 21 heavy (non-hydrogen) atoms. The Morgan fingerprint density at radius 1 is 1.10 bits per heavy atom. The summed E-state index contributed by atoms with van der Waals surface area (Å²) in [6, 6.07) is 11.7. The molecule has 3 rings (SSSR count). The molecule has 0 fully saturated rings. The van der Waals surface area contributed by atoms with E-state index in [1.54, 1.807) is 6.07 Å². The predicted octanol–water partition coefficient (Wildman–Crippen LogP) is 4.02. The highest BCUT2D eigenvalue weighted by atomic mass is 19.1. The number of halogens is 1. The molecule has 1 N–H and O–H groups in total. The summed E-state index contributed by atoms with van der Waals surface area (Å²) in [4.78, 5) is 0. The Hall–Kier alpha value is -1.71. The molecular formula is C18H20FNO. The van der Waals surface area contributed by atoms with Crippen molar-refractivity contribution in [2.75, 3.05) is 0 Å². The van der Waals surface area contributed by atoms with Crippen LogP contribution in [0.1, 0.15) is 30.5 Å². The SMILES string of the molecule is CC(C)NCc1ccc(F)cc1-c1ccc2c(c1)COC2. The van der Waals surface area contributed by atoms with Crippen LogP contribution in [-0.2, 0) is 24.5 Å². The molecule has 0 saturated heterocycles.